The minimum Gasteiger partial charge on any atom is -0.443 e. The van der Waals surface area contributed by atoms with Gasteiger partial charge in [-0.25, -0.2) is 19.2 Å². The Balaban J connectivity index is 0.000000599. The van der Waals surface area contributed by atoms with Crippen molar-refractivity contribution in [3.05, 3.63) is 133 Å². The highest BCUT2D eigenvalue weighted by atomic mass is 16.6. The number of hydrogen-bond acceptors (Lipinski definition) is 16. The van der Waals surface area contributed by atoms with Crippen molar-refractivity contribution in [2.75, 3.05) is 0 Å². The van der Waals surface area contributed by atoms with E-state index in [-0.39, 0.29) is 28.4 Å². The number of rotatable bonds is 7. The molecule has 240 valence electrons. The van der Waals surface area contributed by atoms with E-state index in [0.29, 0.717) is 11.4 Å². The molecule has 0 bridgehead atoms. The zero-order valence-electron chi connectivity index (χ0n) is 23.9. The average Bonchev–Trinajstić information content (AvgIpc) is 3.08. The summed E-state index contributed by atoms with van der Waals surface area (Å²) in [5, 5.41) is 44.5. The number of nitro groups is 3. The standard InChI is InChI=1S/3C7H4N2O3.C7H5NO.CHNO/c10-5-8-6-1-3-7(4-2-6)9(11)12;10-5-8-6-2-1-3-7(4-6)9(11)12;10-5-8-6-3-1-2-4-7(6)9(11)12;9-6-8-7-4-2-1-3-5-7;2-1-3/h3*1-4H;1-5H;3H. The van der Waals surface area contributed by atoms with Gasteiger partial charge in [-0.3, -0.25) is 30.3 Å². The van der Waals surface area contributed by atoms with Gasteiger partial charge in [-0.2, -0.15) is 25.2 Å². The van der Waals surface area contributed by atoms with Crippen molar-refractivity contribution in [1.82, 2.24) is 0 Å². The number of nitriles is 1. The molecule has 0 atom stereocenters. The van der Waals surface area contributed by atoms with E-state index >= 15 is 0 Å². The second kappa shape index (κ2) is 24.3. The predicted octanol–water partition coefficient (Wildman–Crippen LogP) is 6.18. The van der Waals surface area contributed by atoms with Crippen molar-refractivity contribution in [1.29, 1.82) is 5.26 Å². The number of nitro benzene ring substituents is 3. The first kappa shape index (κ1) is 39.9. The first-order chi connectivity index (χ1) is 23.1. The molecule has 0 spiro atoms. The lowest BCUT2D eigenvalue weighted by Gasteiger charge is -1.92. The van der Waals surface area contributed by atoms with Gasteiger partial charge in [0.05, 0.1) is 31.8 Å². The van der Waals surface area contributed by atoms with Crippen LogP contribution in [0, 0.1) is 41.9 Å². The lowest BCUT2D eigenvalue weighted by Crippen LogP contribution is -1.86. The van der Waals surface area contributed by atoms with Crippen molar-refractivity contribution in [3.8, 4) is 6.26 Å². The highest BCUT2D eigenvalue weighted by molar-refractivity contribution is 5.61. The van der Waals surface area contributed by atoms with Crippen LogP contribution in [0.2, 0.25) is 0 Å². The Morgan fingerprint density at radius 3 is 1.44 bits per heavy atom. The van der Waals surface area contributed by atoms with Crippen LogP contribution in [0.5, 0.6) is 0 Å². The van der Waals surface area contributed by atoms with Crippen LogP contribution < -0.4 is 0 Å². The number of benzene rings is 4. The van der Waals surface area contributed by atoms with Crippen LogP contribution in [-0.2, 0) is 19.2 Å². The molecule has 0 amide bonds. The van der Waals surface area contributed by atoms with Crippen molar-refractivity contribution in [2.24, 2.45) is 20.0 Å². The van der Waals surface area contributed by atoms with E-state index in [4.69, 9.17) is 10.4 Å². The Labute approximate surface area is 268 Å². The largest absolute Gasteiger partial charge is 0.443 e. The lowest BCUT2D eigenvalue weighted by atomic mass is 10.3. The van der Waals surface area contributed by atoms with Gasteiger partial charge in [0, 0.05) is 30.3 Å². The molecule has 0 unspecified atom stereocenters. The number of aliphatic imine (C=N–C) groups is 4. The molecule has 0 aliphatic rings. The van der Waals surface area contributed by atoms with Gasteiger partial charge < -0.3 is 5.11 Å². The zero-order chi connectivity index (χ0) is 36.2. The highest BCUT2D eigenvalue weighted by Gasteiger charge is 2.10. The fourth-order valence-corrected chi connectivity index (χ4v) is 2.75. The molecule has 0 heterocycles. The van der Waals surface area contributed by atoms with Crippen LogP contribution in [0.25, 0.3) is 0 Å². The zero-order valence-corrected chi connectivity index (χ0v) is 23.9. The van der Waals surface area contributed by atoms with Gasteiger partial charge in [0.15, 0.2) is 5.69 Å². The average molecular weight is 655 g/mol. The summed E-state index contributed by atoms with van der Waals surface area (Å²) in [7, 11) is 0. The third-order valence-corrected chi connectivity index (χ3v) is 4.63. The summed E-state index contributed by atoms with van der Waals surface area (Å²) < 4.78 is 0. The maximum Gasteiger partial charge on any atom is 0.295 e. The van der Waals surface area contributed by atoms with Crippen molar-refractivity contribution in [3.63, 3.8) is 0 Å². The van der Waals surface area contributed by atoms with Crippen LogP contribution in [-0.4, -0.2) is 44.2 Å². The molecule has 0 aliphatic heterocycles. The van der Waals surface area contributed by atoms with Crippen molar-refractivity contribution < 1.29 is 39.1 Å². The quantitative estimate of drug-likeness (QED) is 0.0767. The van der Waals surface area contributed by atoms with Gasteiger partial charge in [0.1, 0.15) is 0 Å². The Morgan fingerprint density at radius 1 is 0.521 bits per heavy atom. The van der Waals surface area contributed by atoms with E-state index in [1.165, 1.54) is 91.0 Å². The maximum absolute atomic E-state index is 10.3. The highest BCUT2D eigenvalue weighted by Crippen LogP contribution is 2.25. The molecule has 0 fully saturated rings. The van der Waals surface area contributed by atoms with Gasteiger partial charge in [-0.05, 0) is 36.4 Å². The first-order valence-electron chi connectivity index (χ1n) is 12.2. The summed E-state index contributed by atoms with van der Waals surface area (Å²) >= 11 is 0. The first-order valence-corrected chi connectivity index (χ1v) is 12.2. The minimum absolute atomic E-state index is 0.0255. The SMILES string of the molecule is N#CO.O=C=Nc1ccc([N+](=O)[O-])cc1.O=C=Nc1cccc([N+](=O)[O-])c1.O=C=Nc1ccccc1.O=C=Nc1ccccc1[N+](=O)[O-]. The number of aliphatic hydroxyl groups excluding tert-OH is 1. The monoisotopic (exact) mass is 654 g/mol. The summed E-state index contributed by atoms with van der Waals surface area (Å²) in [6.07, 6.45) is 6.10. The summed E-state index contributed by atoms with van der Waals surface area (Å²) in [6.45, 7) is 0. The van der Waals surface area contributed by atoms with Crippen LogP contribution in [0.15, 0.2) is 123 Å². The molecule has 19 heteroatoms. The van der Waals surface area contributed by atoms with Crippen LogP contribution in [0.1, 0.15) is 0 Å². The van der Waals surface area contributed by atoms with E-state index in [1.54, 1.807) is 18.2 Å². The smallest absolute Gasteiger partial charge is 0.295 e. The summed E-state index contributed by atoms with van der Waals surface area (Å²) in [5.41, 5.74) is 0.951. The van der Waals surface area contributed by atoms with Gasteiger partial charge in [-0.1, -0.05) is 36.4 Å². The van der Waals surface area contributed by atoms with E-state index in [1.807, 2.05) is 18.2 Å². The second-order valence-electron chi connectivity index (χ2n) is 7.54. The fourth-order valence-electron chi connectivity index (χ4n) is 2.75. The molecule has 0 saturated heterocycles. The van der Waals surface area contributed by atoms with E-state index < -0.39 is 14.8 Å². The third kappa shape index (κ3) is 17.1. The minimum atomic E-state index is -0.601. The normalized spacial score (nSPS) is 8.15. The number of para-hydroxylation sites is 3. The predicted molar refractivity (Wildman–Crippen MR) is 164 cm³/mol. The molecule has 0 radical (unpaired) electrons. The summed E-state index contributed by atoms with van der Waals surface area (Å²) in [6, 6.07) is 25.5. The number of isocyanates is 4. The molecule has 19 nitrogen and oxygen atoms in total. The van der Waals surface area contributed by atoms with Gasteiger partial charge in [0.25, 0.3) is 23.3 Å². The van der Waals surface area contributed by atoms with E-state index in [9.17, 15) is 49.5 Å². The Bertz CT molecular complexity index is 1850. The third-order valence-electron chi connectivity index (χ3n) is 4.63. The number of non-ortho nitro benzene ring substituents is 2. The van der Waals surface area contributed by atoms with Crippen LogP contribution in [0.4, 0.5) is 39.8 Å². The molecule has 1 N–H and O–H groups in total. The van der Waals surface area contributed by atoms with Crippen molar-refractivity contribution >= 4 is 64.1 Å². The number of nitrogens with zero attached hydrogens (tertiary/aromatic N) is 8. The molecule has 0 aliphatic carbocycles. The van der Waals surface area contributed by atoms with Gasteiger partial charge in [-0.15, -0.1) is 0 Å². The molecular formula is C29H18N8O11. The van der Waals surface area contributed by atoms with Crippen LogP contribution >= 0.6 is 0 Å². The number of carbonyl (C=O) groups excluding carboxylic acids is 4. The van der Waals surface area contributed by atoms with E-state index in [2.05, 4.69) is 20.0 Å². The van der Waals surface area contributed by atoms with Gasteiger partial charge >= 0.3 is 0 Å². The van der Waals surface area contributed by atoms with Crippen LogP contribution in [0.3, 0.4) is 0 Å². The molecule has 4 rings (SSSR count). The molecular weight excluding hydrogens is 636 g/mol. The maximum atomic E-state index is 10.3. The second-order valence-corrected chi connectivity index (χ2v) is 7.54. The molecule has 4 aromatic rings. The summed E-state index contributed by atoms with van der Waals surface area (Å²) in [4.78, 5) is 81.2. The van der Waals surface area contributed by atoms with Gasteiger partial charge in [0.2, 0.25) is 24.3 Å². The topological polar surface area (TPSA) is 291 Å². The molecule has 4 aromatic carbocycles. The Hall–Kier alpha value is -8.11. The van der Waals surface area contributed by atoms with Crippen molar-refractivity contribution in [2.45, 2.75) is 0 Å². The molecule has 0 aromatic heterocycles. The molecule has 0 saturated carbocycles. The Kier molecular flexibility index (Phi) is 20.2. The Morgan fingerprint density at radius 2 is 0.958 bits per heavy atom. The molecule has 48 heavy (non-hydrogen) atoms. The van der Waals surface area contributed by atoms with E-state index in [0.717, 1.165) is 6.26 Å². The fraction of sp³-hybridized carbons (Fsp3) is 0. The number of hydrogen-bond donors (Lipinski definition) is 1. The summed E-state index contributed by atoms with van der Waals surface area (Å²) in [5.74, 6) is 0. The number of aliphatic hydroxyl groups is 1. The lowest BCUT2D eigenvalue weighted by molar-refractivity contribution is -0.385.